The van der Waals surface area contributed by atoms with E-state index in [0.29, 0.717) is 5.92 Å². The second-order valence-electron chi connectivity index (χ2n) is 6.15. The number of nitrogens with zero attached hydrogens (tertiary/aromatic N) is 3. The van der Waals surface area contributed by atoms with Crippen molar-refractivity contribution in [1.82, 2.24) is 20.0 Å². The van der Waals surface area contributed by atoms with Gasteiger partial charge in [-0.05, 0) is 57.1 Å². The number of hydrogen-bond donors (Lipinski definition) is 1. The molecule has 124 valence electrons. The Morgan fingerprint density at radius 1 is 1.30 bits per heavy atom. The Morgan fingerprint density at radius 3 is 2.96 bits per heavy atom. The second-order valence-corrected chi connectivity index (χ2v) is 6.15. The molecule has 1 fully saturated rings. The van der Waals surface area contributed by atoms with E-state index >= 15 is 0 Å². The molecule has 1 aliphatic rings. The average molecular weight is 320 g/mol. The molecule has 2 aromatic rings. The fraction of sp³-hybridized carbons (Fsp3) is 0.471. The van der Waals surface area contributed by atoms with E-state index in [0.717, 1.165) is 37.9 Å². The van der Waals surface area contributed by atoms with Crippen molar-refractivity contribution in [2.24, 2.45) is 5.92 Å². The molecule has 1 atom stereocenters. The molecule has 0 bridgehead atoms. The van der Waals surface area contributed by atoms with Crippen LogP contribution in [0.4, 0.5) is 8.78 Å². The summed E-state index contributed by atoms with van der Waals surface area (Å²) in [5.41, 5.74) is 1.17. The smallest absolute Gasteiger partial charge is 0.151 e. The van der Waals surface area contributed by atoms with Crippen LogP contribution in [0.25, 0.3) is 5.69 Å². The lowest BCUT2D eigenvalue weighted by Gasteiger charge is -2.32. The molecule has 0 amide bonds. The molecule has 23 heavy (non-hydrogen) atoms. The zero-order valence-electron chi connectivity index (χ0n) is 13.3. The molecule has 0 aliphatic carbocycles. The van der Waals surface area contributed by atoms with Crippen molar-refractivity contribution in [1.29, 1.82) is 0 Å². The van der Waals surface area contributed by atoms with Gasteiger partial charge in [-0.2, -0.15) is 5.10 Å². The molecule has 2 heterocycles. The fourth-order valence-electron chi connectivity index (χ4n) is 3.23. The highest BCUT2D eigenvalue weighted by Gasteiger charge is 2.20. The molecule has 6 heteroatoms. The van der Waals surface area contributed by atoms with Crippen molar-refractivity contribution in [3.63, 3.8) is 0 Å². The van der Waals surface area contributed by atoms with Crippen LogP contribution in [-0.2, 0) is 6.54 Å². The van der Waals surface area contributed by atoms with Crippen LogP contribution in [0.2, 0.25) is 0 Å². The number of nitrogens with one attached hydrogen (secondary N) is 1. The summed E-state index contributed by atoms with van der Waals surface area (Å²) in [4.78, 5) is 2.39. The van der Waals surface area contributed by atoms with Crippen molar-refractivity contribution in [2.45, 2.75) is 19.4 Å². The topological polar surface area (TPSA) is 33.1 Å². The van der Waals surface area contributed by atoms with Gasteiger partial charge in [0.15, 0.2) is 5.82 Å². The number of aromatic nitrogens is 2. The first-order chi connectivity index (χ1) is 11.2. The van der Waals surface area contributed by atoms with E-state index in [1.807, 2.05) is 13.1 Å². The van der Waals surface area contributed by atoms with Gasteiger partial charge in [-0.1, -0.05) is 0 Å². The maximum absolute atomic E-state index is 13.8. The van der Waals surface area contributed by atoms with E-state index in [9.17, 15) is 8.78 Å². The highest BCUT2D eigenvalue weighted by atomic mass is 19.1. The van der Waals surface area contributed by atoms with Gasteiger partial charge in [0.25, 0.3) is 0 Å². The summed E-state index contributed by atoms with van der Waals surface area (Å²) in [5, 5.41) is 7.67. The van der Waals surface area contributed by atoms with Crippen molar-refractivity contribution in [3.8, 4) is 5.69 Å². The lowest BCUT2D eigenvalue weighted by molar-refractivity contribution is 0.165. The standard InChI is InChI=1S/C17H22F2N4/c1-20-10-13-3-2-7-22(11-13)12-15-6-8-23(21-15)17-5-4-14(18)9-16(17)19/h4-6,8-9,13,20H,2-3,7,10-12H2,1H3. The molecule has 1 aliphatic heterocycles. The van der Waals surface area contributed by atoms with Crippen LogP contribution in [-0.4, -0.2) is 41.4 Å². The number of hydrogen-bond acceptors (Lipinski definition) is 3. The van der Waals surface area contributed by atoms with Crippen molar-refractivity contribution in [3.05, 3.63) is 47.8 Å². The molecule has 1 N–H and O–H groups in total. The molecular formula is C17H22F2N4. The number of rotatable bonds is 5. The van der Waals surface area contributed by atoms with Crippen LogP contribution in [0.15, 0.2) is 30.5 Å². The molecule has 0 spiro atoms. The van der Waals surface area contributed by atoms with Crippen molar-refractivity contribution < 1.29 is 8.78 Å². The predicted octanol–water partition coefficient (Wildman–Crippen LogP) is 2.58. The molecule has 4 nitrogen and oxygen atoms in total. The van der Waals surface area contributed by atoms with E-state index in [4.69, 9.17) is 0 Å². The number of benzene rings is 1. The van der Waals surface area contributed by atoms with Crippen LogP contribution >= 0.6 is 0 Å². The summed E-state index contributed by atoms with van der Waals surface area (Å²) < 4.78 is 28.3. The van der Waals surface area contributed by atoms with Crippen molar-refractivity contribution >= 4 is 0 Å². The maximum Gasteiger partial charge on any atom is 0.151 e. The van der Waals surface area contributed by atoms with Gasteiger partial charge in [0.1, 0.15) is 11.5 Å². The maximum atomic E-state index is 13.8. The Labute approximate surface area is 135 Å². The molecule has 1 saturated heterocycles. The Hall–Kier alpha value is -1.79. The van der Waals surface area contributed by atoms with Crippen molar-refractivity contribution in [2.75, 3.05) is 26.7 Å². The van der Waals surface area contributed by atoms with Crippen LogP contribution < -0.4 is 5.32 Å². The quantitative estimate of drug-likeness (QED) is 0.919. The van der Waals surface area contributed by atoms with Gasteiger partial charge in [-0.25, -0.2) is 13.5 Å². The largest absolute Gasteiger partial charge is 0.319 e. The second kappa shape index (κ2) is 7.19. The van der Waals surface area contributed by atoms with Gasteiger partial charge in [-0.3, -0.25) is 4.90 Å². The lowest BCUT2D eigenvalue weighted by atomic mass is 9.98. The zero-order valence-corrected chi connectivity index (χ0v) is 13.3. The third-order valence-electron chi connectivity index (χ3n) is 4.28. The van der Waals surface area contributed by atoms with Gasteiger partial charge >= 0.3 is 0 Å². The molecule has 0 radical (unpaired) electrons. The molecule has 1 unspecified atom stereocenters. The summed E-state index contributed by atoms with van der Waals surface area (Å²) in [7, 11) is 1.98. The Morgan fingerprint density at radius 2 is 2.17 bits per heavy atom. The molecule has 1 aromatic heterocycles. The first kappa shape index (κ1) is 16.1. The van der Waals surface area contributed by atoms with Gasteiger partial charge in [0.2, 0.25) is 0 Å². The van der Waals surface area contributed by atoms with Crippen LogP contribution in [0, 0.1) is 17.6 Å². The van der Waals surface area contributed by atoms with Gasteiger partial charge in [-0.15, -0.1) is 0 Å². The van der Waals surface area contributed by atoms with Gasteiger partial charge in [0.05, 0.1) is 5.69 Å². The van der Waals surface area contributed by atoms with Gasteiger partial charge in [0, 0.05) is 25.4 Å². The summed E-state index contributed by atoms with van der Waals surface area (Å²) in [6, 6.07) is 5.42. The van der Waals surface area contributed by atoms with Crippen LogP contribution in [0.3, 0.4) is 0 Å². The molecular weight excluding hydrogens is 298 g/mol. The van der Waals surface area contributed by atoms with Crippen LogP contribution in [0.1, 0.15) is 18.5 Å². The van der Waals surface area contributed by atoms with E-state index in [1.165, 1.54) is 29.7 Å². The minimum atomic E-state index is -0.605. The average Bonchev–Trinajstić information content (AvgIpc) is 2.96. The summed E-state index contributed by atoms with van der Waals surface area (Å²) >= 11 is 0. The van der Waals surface area contributed by atoms with E-state index in [-0.39, 0.29) is 5.69 Å². The third kappa shape index (κ3) is 3.95. The Kier molecular flexibility index (Phi) is 5.03. The summed E-state index contributed by atoms with van der Waals surface area (Å²) in [6.07, 6.45) is 4.17. The van der Waals surface area contributed by atoms with E-state index in [1.54, 1.807) is 6.20 Å². The molecule has 3 rings (SSSR count). The Bertz CT molecular complexity index is 654. The Balaban J connectivity index is 1.67. The zero-order chi connectivity index (χ0) is 16.2. The van der Waals surface area contributed by atoms with E-state index < -0.39 is 11.6 Å². The van der Waals surface area contributed by atoms with Crippen LogP contribution in [0.5, 0.6) is 0 Å². The van der Waals surface area contributed by atoms with E-state index in [2.05, 4.69) is 15.3 Å². The molecule has 1 aromatic carbocycles. The number of piperidine rings is 1. The first-order valence-corrected chi connectivity index (χ1v) is 8.02. The van der Waals surface area contributed by atoms with Gasteiger partial charge < -0.3 is 5.32 Å². The highest BCUT2D eigenvalue weighted by Crippen LogP contribution is 2.19. The minimum Gasteiger partial charge on any atom is -0.319 e. The summed E-state index contributed by atoms with van der Waals surface area (Å²) in [6.45, 7) is 3.92. The summed E-state index contributed by atoms with van der Waals surface area (Å²) in [5.74, 6) is -0.514. The minimum absolute atomic E-state index is 0.268. The first-order valence-electron chi connectivity index (χ1n) is 8.02. The number of likely N-dealkylation sites (tertiary alicyclic amines) is 1. The monoisotopic (exact) mass is 320 g/mol. The highest BCUT2D eigenvalue weighted by molar-refractivity contribution is 5.33. The third-order valence-corrected chi connectivity index (χ3v) is 4.28. The normalized spacial score (nSPS) is 19.2. The fourth-order valence-corrected chi connectivity index (χ4v) is 3.23. The predicted molar refractivity (Wildman–Crippen MR) is 85.4 cm³/mol. The molecule has 0 saturated carbocycles. The number of halogens is 2. The SMILES string of the molecule is CNCC1CCCN(Cc2ccn(-c3ccc(F)cc3F)n2)C1. The lowest BCUT2D eigenvalue weighted by Crippen LogP contribution is -2.38.